The normalized spacial score (nSPS) is 15.3. The molecule has 0 bridgehead atoms. The first-order valence-electron chi connectivity index (χ1n) is 17.4. The summed E-state index contributed by atoms with van der Waals surface area (Å²) in [5.41, 5.74) is 0. The van der Waals surface area contributed by atoms with Crippen LogP contribution in [0.2, 0.25) is 0 Å². The van der Waals surface area contributed by atoms with E-state index in [1.165, 1.54) is 70.6 Å². The predicted molar refractivity (Wildman–Crippen MR) is 182 cm³/mol. The molecule has 44 heavy (non-hydrogen) atoms. The minimum Gasteiger partial charge on any atom is -0.756 e. The number of unbranched alkanes of at least 4 members (excludes halogenated alkanes) is 13. The number of nitrogens with one attached hydrogen (secondary N) is 1. The molecule has 0 aliphatic heterocycles. The molecule has 2 N–H and O–H groups in total. The maximum absolute atomic E-state index is 12.3. The van der Waals surface area contributed by atoms with Gasteiger partial charge in [0.25, 0.3) is 7.82 Å². The zero-order chi connectivity index (χ0) is 32.9. The molecule has 0 aromatic carbocycles. The summed E-state index contributed by atoms with van der Waals surface area (Å²) in [5, 5.41) is 13.4. The molecule has 0 aromatic rings. The Bertz CT molecular complexity index is 825. The highest BCUT2D eigenvalue weighted by molar-refractivity contribution is 7.45. The van der Waals surface area contributed by atoms with Crippen molar-refractivity contribution < 1.29 is 32.9 Å². The fourth-order valence-electron chi connectivity index (χ4n) is 4.45. The highest BCUT2D eigenvalue weighted by Gasteiger charge is 2.23. The number of nitrogens with zero attached hydrogens (tertiary/aromatic N) is 1. The lowest BCUT2D eigenvalue weighted by Gasteiger charge is -2.29. The summed E-state index contributed by atoms with van der Waals surface area (Å²) < 4.78 is 22.7. The Morgan fingerprint density at radius 1 is 0.773 bits per heavy atom. The van der Waals surface area contributed by atoms with Crippen molar-refractivity contribution in [2.45, 2.75) is 142 Å². The van der Waals surface area contributed by atoms with Crippen LogP contribution in [0.4, 0.5) is 0 Å². The summed E-state index contributed by atoms with van der Waals surface area (Å²) in [6.45, 7) is 4.33. The average molecular weight is 643 g/mol. The lowest BCUT2D eigenvalue weighted by molar-refractivity contribution is -0.870. The lowest BCUT2D eigenvalue weighted by Crippen LogP contribution is -2.45. The number of aliphatic hydroxyl groups excluding tert-OH is 1. The number of phosphoric acid groups is 1. The molecular formula is C35H67N2O6P. The van der Waals surface area contributed by atoms with Crippen LogP contribution in [0.3, 0.4) is 0 Å². The predicted octanol–water partition coefficient (Wildman–Crippen LogP) is 7.77. The van der Waals surface area contributed by atoms with Crippen molar-refractivity contribution >= 4 is 13.7 Å². The fourth-order valence-corrected chi connectivity index (χ4v) is 5.18. The van der Waals surface area contributed by atoms with Crippen LogP contribution in [0.5, 0.6) is 0 Å². The zero-order valence-corrected chi connectivity index (χ0v) is 29.7. The maximum Gasteiger partial charge on any atom is 0.268 e. The minimum atomic E-state index is -4.57. The molecular weight excluding hydrogens is 575 g/mol. The molecule has 0 aromatic heterocycles. The van der Waals surface area contributed by atoms with Gasteiger partial charge in [0, 0.05) is 6.42 Å². The second-order valence-electron chi connectivity index (χ2n) is 12.9. The van der Waals surface area contributed by atoms with Crippen molar-refractivity contribution in [1.82, 2.24) is 5.32 Å². The Labute approximate surface area is 270 Å². The number of phosphoric ester groups is 1. The Balaban J connectivity index is 4.28. The molecule has 0 rings (SSSR count). The van der Waals surface area contributed by atoms with Gasteiger partial charge >= 0.3 is 0 Å². The van der Waals surface area contributed by atoms with Crippen molar-refractivity contribution in [2.75, 3.05) is 40.9 Å². The van der Waals surface area contributed by atoms with Crippen molar-refractivity contribution in [3.8, 4) is 0 Å². The van der Waals surface area contributed by atoms with Crippen LogP contribution in [-0.4, -0.2) is 68.5 Å². The van der Waals surface area contributed by atoms with Gasteiger partial charge in [-0.15, -0.1) is 0 Å². The second kappa shape index (κ2) is 28.0. The molecule has 3 unspecified atom stereocenters. The van der Waals surface area contributed by atoms with Gasteiger partial charge in [-0.3, -0.25) is 9.36 Å². The second-order valence-corrected chi connectivity index (χ2v) is 14.3. The first-order valence-corrected chi connectivity index (χ1v) is 18.8. The molecule has 0 aliphatic rings. The Hall–Kier alpha value is -1.28. The largest absolute Gasteiger partial charge is 0.756 e. The fraction of sp³-hybridized carbons (Fsp3) is 0.800. The molecule has 0 fully saturated rings. The molecule has 1 amide bonds. The van der Waals surface area contributed by atoms with E-state index >= 15 is 0 Å². The number of quaternary nitrogens is 1. The van der Waals surface area contributed by atoms with Crippen LogP contribution in [-0.2, 0) is 18.4 Å². The van der Waals surface area contributed by atoms with Gasteiger partial charge in [-0.1, -0.05) is 115 Å². The number of carbonyl (C=O) groups excluding carboxylic acids is 1. The van der Waals surface area contributed by atoms with E-state index in [4.69, 9.17) is 9.05 Å². The third-order valence-corrected chi connectivity index (χ3v) is 8.29. The van der Waals surface area contributed by atoms with Gasteiger partial charge in [0.1, 0.15) is 13.2 Å². The SMILES string of the molecule is CCCCCCCCCCCC/C=C/CC/C=C/CC/C=C/C(O)C(COP(=O)([O-])OCC[N+](C)(C)C)NC(=O)CCCC. The summed E-state index contributed by atoms with van der Waals surface area (Å²) in [7, 11) is 1.22. The standard InChI is InChI=1S/C35H67N2O6P/c1-6-8-10-11-12-13-14-15-16-17-18-19-20-21-22-23-24-25-26-27-28-34(38)33(36-35(39)29-9-7-2)32-43-44(40,41)42-31-30-37(3,4)5/h19-20,23-24,27-28,33-34,38H,6-18,21-22,25-26,29-32H2,1-5H3,(H-,36,39,40,41)/b20-19+,24-23+,28-27+. The third-order valence-electron chi connectivity index (χ3n) is 7.33. The molecule has 0 aliphatic carbocycles. The van der Waals surface area contributed by atoms with E-state index in [0.29, 0.717) is 23.9 Å². The Kier molecular flexibility index (Phi) is 27.2. The van der Waals surface area contributed by atoms with Gasteiger partial charge < -0.3 is 28.8 Å². The summed E-state index contributed by atoms with van der Waals surface area (Å²) in [6, 6.07) is -0.900. The first-order chi connectivity index (χ1) is 21.0. The number of likely N-dealkylation sites (N-methyl/N-ethyl adjacent to an activating group) is 1. The highest BCUT2D eigenvalue weighted by atomic mass is 31.2. The van der Waals surface area contributed by atoms with Gasteiger partial charge in [0.2, 0.25) is 5.91 Å². The number of hydrogen-bond acceptors (Lipinski definition) is 6. The Morgan fingerprint density at radius 3 is 1.82 bits per heavy atom. The van der Waals surface area contributed by atoms with Crippen molar-refractivity contribution in [3.63, 3.8) is 0 Å². The molecule has 3 atom stereocenters. The van der Waals surface area contributed by atoms with Gasteiger partial charge in [0.15, 0.2) is 0 Å². The van der Waals surface area contributed by atoms with E-state index in [0.717, 1.165) is 32.1 Å². The molecule has 0 radical (unpaired) electrons. The van der Waals surface area contributed by atoms with E-state index < -0.39 is 26.6 Å². The third kappa shape index (κ3) is 29.4. The van der Waals surface area contributed by atoms with Gasteiger partial charge in [-0.25, -0.2) is 0 Å². The number of aliphatic hydroxyl groups is 1. The van der Waals surface area contributed by atoms with E-state index in [1.807, 2.05) is 34.1 Å². The van der Waals surface area contributed by atoms with E-state index in [-0.39, 0.29) is 12.5 Å². The van der Waals surface area contributed by atoms with Gasteiger partial charge in [-0.2, -0.15) is 0 Å². The van der Waals surface area contributed by atoms with Crippen LogP contribution in [0.15, 0.2) is 36.5 Å². The molecule has 9 heteroatoms. The molecule has 8 nitrogen and oxygen atoms in total. The molecule has 0 heterocycles. The smallest absolute Gasteiger partial charge is 0.268 e. The van der Waals surface area contributed by atoms with Gasteiger partial charge in [0.05, 0.1) is 39.9 Å². The molecule has 258 valence electrons. The van der Waals surface area contributed by atoms with Crippen molar-refractivity contribution in [3.05, 3.63) is 36.5 Å². The zero-order valence-electron chi connectivity index (χ0n) is 28.9. The number of hydrogen-bond donors (Lipinski definition) is 2. The van der Waals surface area contributed by atoms with E-state index in [2.05, 4.69) is 36.5 Å². The summed E-state index contributed by atoms with van der Waals surface area (Å²) in [5.74, 6) is -0.250. The Morgan fingerprint density at radius 2 is 1.27 bits per heavy atom. The minimum absolute atomic E-state index is 0.0105. The molecule has 0 saturated carbocycles. The van der Waals surface area contributed by atoms with Crippen LogP contribution in [0.1, 0.15) is 129 Å². The number of rotatable bonds is 30. The van der Waals surface area contributed by atoms with Crippen molar-refractivity contribution in [2.24, 2.45) is 0 Å². The maximum atomic E-state index is 12.3. The summed E-state index contributed by atoms with van der Waals surface area (Å²) >= 11 is 0. The monoisotopic (exact) mass is 642 g/mol. The quantitative estimate of drug-likeness (QED) is 0.0359. The van der Waals surface area contributed by atoms with E-state index in [9.17, 15) is 19.4 Å². The average Bonchev–Trinajstić information content (AvgIpc) is 2.96. The highest BCUT2D eigenvalue weighted by Crippen LogP contribution is 2.38. The van der Waals surface area contributed by atoms with Gasteiger partial charge in [-0.05, 0) is 44.9 Å². The summed E-state index contributed by atoms with van der Waals surface area (Å²) in [6.07, 6.45) is 31.6. The van der Waals surface area contributed by atoms with Crippen LogP contribution < -0.4 is 10.2 Å². The lowest BCUT2D eigenvalue weighted by atomic mass is 10.1. The molecule has 0 spiro atoms. The number of amides is 1. The number of allylic oxidation sites excluding steroid dienone is 5. The van der Waals surface area contributed by atoms with Crippen LogP contribution >= 0.6 is 7.82 Å². The summed E-state index contributed by atoms with van der Waals surface area (Å²) in [4.78, 5) is 24.5. The molecule has 0 saturated heterocycles. The van der Waals surface area contributed by atoms with Crippen LogP contribution in [0.25, 0.3) is 0 Å². The first kappa shape index (κ1) is 42.7. The van der Waals surface area contributed by atoms with Crippen LogP contribution in [0, 0.1) is 0 Å². The number of carbonyl (C=O) groups is 1. The topological polar surface area (TPSA) is 108 Å². The van der Waals surface area contributed by atoms with E-state index in [1.54, 1.807) is 6.08 Å². The van der Waals surface area contributed by atoms with Crippen molar-refractivity contribution in [1.29, 1.82) is 0 Å².